The van der Waals surface area contributed by atoms with Crippen molar-refractivity contribution in [3.8, 4) is 0 Å². The molecule has 0 radical (unpaired) electrons. The van der Waals surface area contributed by atoms with Gasteiger partial charge in [-0.25, -0.2) is 0 Å². The molecule has 0 saturated carbocycles. The summed E-state index contributed by atoms with van der Waals surface area (Å²) in [5, 5.41) is 6.78. The second-order valence-corrected chi connectivity index (χ2v) is 6.43. The van der Waals surface area contributed by atoms with E-state index in [1.165, 1.54) is 0 Å². The van der Waals surface area contributed by atoms with Gasteiger partial charge < -0.3 is 15.5 Å². The van der Waals surface area contributed by atoms with Gasteiger partial charge in [0.1, 0.15) is 0 Å². The number of benzene rings is 2. The second kappa shape index (κ2) is 6.05. The molecule has 0 spiro atoms. The number of hydrogen-bond donors (Lipinski definition) is 2. The molecule has 2 N–H and O–H groups in total. The van der Waals surface area contributed by atoms with Gasteiger partial charge in [0.05, 0.1) is 11.3 Å². The number of nitrogens with one attached hydrogen (secondary N) is 2. The SMILES string of the molecule is O=C(c1ccccc1Nc1ccccc1)N1C[C@H]2CNC[C@H]2C1. The Balaban J connectivity index is 1.55. The van der Waals surface area contributed by atoms with Crippen molar-refractivity contribution in [2.45, 2.75) is 0 Å². The lowest BCUT2D eigenvalue weighted by Gasteiger charge is -2.20. The van der Waals surface area contributed by atoms with Gasteiger partial charge >= 0.3 is 0 Å². The molecule has 0 aliphatic carbocycles. The summed E-state index contributed by atoms with van der Waals surface area (Å²) in [4.78, 5) is 15.0. The van der Waals surface area contributed by atoms with Crippen LogP contribution in [0.5, 0.6) is 0 Å². The zero-order chi connectivity index (χ0) is 15.6. The smallest absolute Gasteiger partial charge is 0.255 e. The van der Waals surface area contributed by atoms with E-state index in [4.69, 9.17) is 0 Å². The largest absolute Gasteiger partial charge is 0.355 e. The highest BCUT2D eigenvalue weighted by Gasteiger charge is 2.38. The third-order valence-electron chi connectivity index (χ3n) is 4.89. The van der Waals surface area contributed by atoms with Gasteiger partial charge in [0.25, 0.3) is 5.91 Å². The van der Waals surface area contributed by atoms with Gasteiger partial charge in [-0.2, -0.15) is 0 Å². The molecular formula is C19H21N3O. The molecule has 4 nitrogen and oxygen atoms in total. The number of fused-ring (bicyclic) bond motifs is 1. The summed E-state index contributed by atoms with van der Waals surface area (Å²) in [7, 11) is 0. The number of carbonyl (C=O) groups is 1. The second-order valence-electron chi connectivity index (χ2n) is 6.43. The number of likely N-dealkylation sites (tertiary alicyclic amines) is 1. The highest BCUT2D eigenvalue weighted by atomic mass is 16.2. The number of rotatable bonds is 3. The number of carbonyl (C=O) groups excluding carboxylic acids is 1. The van der Waals surface area contributed by atoms with E-state index in [0.29, 0.717) is 11.8 Å². The van der Waals surface area contributed by atoms with Crippen molar-refractivity contribution in [3.63, 3.8) is 0 Å². The predicted octanol–water partition coefficient (Wildman–Crippen LogP) is 2.72. The van der Waals surface area contributed by atoms with E-state index in [1.54, 1.807) is 0 Å². The monoisotopic (exact) mass is 307 g/mol. The molecule has 0 unspecified atom stereocenters. The molecule has 2 aromatic rings. The van der Waals surface area contributed by atoms with E-state index in [1.807, 2.05) is 59.5 Å². The third-order valence-corrected chi connectivity index (χ3v) is 4.89. The van der Waals surface area contributed by atoms with Crippen molar-refractivity contribution in [2.24, 2.45) is 11.8 Å². The molecule has 2 fully saturated rings. The molecule has 2 aliphatic rings. The lowest BCUT2D eigenvalue weighted by molar-refractivity contribution is 0.0782. The molecule has 2 aliphatic heterocycles. The zero-order valence-corrected chi connectivity index (χ0v) is 13.0. The maximum atomic E-state index is 13.0. The molecule has 0 bridgehead atoms. The van der Waals surface area contributed by atoms with Gasteiger partial charge in [-0.15, -0.1) is 0 Å². The van der Waals surface area contributed by atoms with E-state index < -0.39 is 0 Å². The quantitative estimate of drug-likeness (QED) is 0.916. The standard InChI is InChI=1S/C19H21N3O/c23-19(22-12-14-10-20-11-15(14)13-22)17-8-4-5-9-18(17)21-16-6-2-1-3-7-16/h1-9,14-15,20-21H,10-13H2/t14-,15+. The zero-order valence-electron chi connectivity index (χ0n) is 13.0. The Morgan fingerprint density at radius 3 is 2.35 bits per heavy atom. The number of para-hydroxylation sites is 2. The summed E-state index contributed by atoms with van der Waals surface area (Å²) in [5.74, 6) is 1.37. The van der Waals surface area contributed by atoms with Crippen LogP contribution in [0.2, 0.25) is 0 Å². The van der Waals surface area contributed by atoms with Crippen LogP contribution in [0.15, 0.2) is 54.6 Å². The minimum Gasteiger partial charge on any atom is -0.355 e. The Bertz CT molecular complexity index is 689. The summed E-state index contributed by atoms with van der Waals surface area (Å²) >= 11 is 0. The maximum Gasteiger partial charge on any atom is 0.255 e. The Hall–Kier alpha value is -2.33. The minimum atomic E-state index is 0.137. The summed E-state index contributed by atoms with van der Waals surface area (Å²) in [6.07, 6.45) is 0. The highest BCUT2D eigenvalue weighted by Crippen LogP contribution is 2.29. The fourth-order valence-corrected chi connectivity index (χ4v) is 3.65. The molecule has 0 aromatic heterocycles. The summed E-state index contributed by atoms with van der Waals surface area (Å²) in [5.41, 5.74) is 2.62. The minimum absolute atomic E-state index is 0.137. The first-order chi connectivity index (χ1) is 11.3. The van der Waals surface area contributed by atoms with Gasteiger partial charge in [0.15, 0.2) is 0 Å². The average molecular weight is 307 g/mol. The van der Waals surface area contributed by atoms with Crippen molar-refractivity contribution in [1.29, 1.82) is 0 Å². The van der Waals surface area contributed by atoms with Crippen molar-refractivity contribution in [3.05, 3.63) is 60.2 Å². The van der Waals surface area contributed by atoms with Crippen molar-refractivity contribution < 1.29 is 4.79 Å². The van der Waals surface area contributed by atoms with Gasteiger partial charge in [0.2, 0.25) is 0 Å². The first kappa shape index (κ1) is 14.3. The summed E-state index contributed by atoms with van der Waals surface area (Å²) in [6.45, 7) is 3.82. The van der Waals surface area contributed by atoms with Crippen LogP contribution in [0.25, 0.3) is 0 Å². The predicted molar refractivity (Wildman–Crippen MR) is 91.9 cm³/mol. The van der Waals surface area contributed by atoms with Gasteiger partial charge in [-0.1, -0.05) is 30.3 Å². The number of anilines is 2. The topological polar surface area (TPSA) is 44.4 Å². The van der Waals surface area contributed by atoms with Crippen LogP contribution in [0.4, 0.5) is 11.4 Å². The molecule has 4 rings (SSSR count). The molecular weight excluding hydrogens is 286 g/mol. The van der Waals surface area contributed by atoms with Crippen LogP contribution in [-0.2, 0) is 0 Å². The number of amides is 1. The molecule has 23 heavy (non-hydrogen) atoms. The van der Waals surface area contributed by atoms with Crippen LogP contribution < -0.4 is 10.6 Å². The van der Waals surface area contributed by atoms with Crippen molar-refractivity contribution in [1.82, 2.24) is 10.2 Å². The van der Waals surface area contributed by atoms with Crippen LogP contribution in [0, 0.1) is 11.8 Å². The van der Waals surface area contributed by atoms with E-state index in [2.05, 4.69) is 10.6 Å². The first-order valence-electron chi connectivity index (χ1n) is 8.22. The van der Waals surface area contributed by atoms with E-state index in [9.17, 15) is 4.79 Å². The van der Waals surface area contributed by atoms with Crippen molar-refractivity contribution in [2.75, 3.05) is 31.5 Å². The van der Waals surface area contributed by atoms with Crippen LogP contribution in [0.3, 0.4) is 0 Å². The molecule has 118 valence electrons. The van der Waals surface area contributed by atoms with Crippen LogP contribution >= 0.6 is 0 Å². The van der Waals surface area contributed by atoms with E-state index in [0.717, 1.165) is 43.1 Å². The Morgan fingerprint density at radius 2 is 1.61 bits per heavy atom. The van der Waals surface area contributed by atoms with Crippen LogP contribution in [0.1, 0.15) is 10.4 Å². The fourth-order valence-electron chi connectivity index (χ4n) is 3.65. The Labute approximate surface area is 136 Å². The molecule has 2 heterocycles. The van der Waals surface area contributed by atoms with Gasteiger partial charge in [-0.3, -0.25) is 4.79 Å². The molecule has 2 atom stereocenters. The summed E-state index contributed by atoms with van der Waals surface area (Å²) in [6, 6.07) is 17.8. The maximum absolute atomic E-state index is 13.0. The fraction of sp³-hybridized carbons (Fsp3) is 0.316. The highest BCUT2D eigenvalue weighted by molar-refractivity contribution is 6.00. The van der Waals surface area contributed by atoms with E-state index >= 15 is 0 Å². The normalized spacial score (nSPS) is 22.9. The van der Waals surface area contributed by atoms with Crippen LogP contribution in [-0.4, -0.2) is 37.0 Å². The lowest BCUT2D eigenvalue weighted by Crippen LogP contribution is -2.32. The Morgan fingerprint density at radius 1 is 0.957 bits per heavy atom. The van der Waals surface area contributed by atoms with Crippen molar-refractivity contribution >= 4 is 17.3 Å². The number of hydrogen-bond acceptors (Lipinski definition) is 3. The average Bonchev–Trinajstić information content (AvgIpc) is 3.17. The lowest BCUT2D eigenvalue weighted by atomic mass is 10.0. The molecule has 1 amide bonds. The molecule has 4 heteroatoms. The third kappa shape index (κ3) is 2.82. The Kier molecular flexibility index (Phi) is 3.75. The van der Waals surface area contributed by atoms with Gasteiger partial charge in [0, 0.05) is 31.9 Å². The first-order valence-corrected chi connectivity index (χ1v) is 8.22. The number of nitrogens with zero attached hydrogens (tertiary/aromatic N) is 1. The molecule has 2 aromatic carbocycles. The van der Waals surface area contributed by atoms with Gasteiger partial charge in [-0.05, 0) is 36.1 Å². The molecule has 2 saturated heterocycles. The van der Waals surface area contributed by atoms with E-state index in [-0.39, 0.29) is 5.91 Å². The summed E-state index contributed by atoms with van der Waals surface area (Å²) < 4.78 is 0.